The van der Waals surface area contributed by atoms with Crippen LogP contribution in [-0.2, 0) is 19.1 Å². The molecular weight excluding hydrogens is 524 g/mol. The van der Waals surface area contributed by atoms with Crippen LogP contribution >= 0.6 is 0 Å². The third-order valence-corrected chi connectivity index (χ3v) is 11.4. The van der Waals surface area contributed by atoms with Gasteiger partial charge in [-0.3, -0.25) is 14.5 Å². The summed E-state index contributed by atoms with van der Waals surface area (Å²) in [6, 6.07) is 0. The molecule has 9 nitrogen and oxygen atoms in total. The number of carbonyl (C=O) groups is 3. The molecule has 1 amide bonds. The number of ketones is 1. The molecule has 4 fully saturated rings. The van der Waals surface area contributed by atoms with Gasteiger partial charge in [-0.05, 0) is 64.7 Å². The van der Waals surface area contributed by atoms with Gasteiger partial charge in [-0.15, -0.1) is 6.58 Å². The number of amides is 1. The first-order valence-corrected chi connectivity index (χ1v) is 15.4. The maximum atomic E-state index is 13.6. The fourth-order valence-corrected chi connectivity index (χ4v) is 8.51. The summed E-state index contributed by atoms with van der Waals surface area (Å²) in [7, 11) is 0. The second-order valence-corrected chi connectivity index (χ2v) is 14.8. The number of nitrogens with zero attached hydrogens (tertiary/aromatic N) is 2. The zero-order chi connectivity index (χ0) is 30.6. The lowest BCUT2D eigenvalue weighted by Gasteiger charge is -2.64. The lowest BCUT2D eigenvalue weighted by atomic mass is 9.42. The van der Waals surface area contributed by atoms with Crippen molar-refractivity contribution in [2.24, 2.45) is 28.1 Å². The lowest BCUT2D eigenvalue weighted by molar-refractivity contribution is -0.252. The van der Waals surface area contributed by atoms with Crippen molar-refractivity contribution >= 4 is 17.8 Å². The van der Waals surface area contributed by atoms with Crippen molar-refractivity contribution in [3.05, 3.63) is 12.7 Å². The molecule has 3 aliphatic carbocycles. The number of rotatable bonds is 5. The van der Waals surface area contributed by atoms with Gasteiger partial charge in [-0.1, -0.05) is 26.8 Å². The van der Waals surface area contributed by atoms with E-state index in [0.717, 1.165) is 0 Å². The third kappa shape index (κ3) is 5.47. The van der Waals surface area contributed by atoms with Crippen LogP contribution in [0.1, 0.15) is 87.0 Å². The van der Waals surface area contributed by atoms with Crippen LogP contribution in [0.15, 0.2) is 12.7 Å². The number of Topliss-reactive ketones (excluding diaryl/α,β-unsaturated/α-hetero) is 1. The normalized spacial score (nSPS) is 41.7. The lowest BCUT2D eigenvalue weighted by Crippen LogP contribution is -2.69. The van der Waals surface area contributed by atoms with E-state index in [1.165, 1.54) is 0 Å². The summed E-state index contributed by atoms with van der Waals surface area (Å²) < 4.78 is 11.8. The minimum absolute atomic E-state index is 0.0950. The van der Waals surface area contributed by atoms with Crippen molar-refractivity contribution in [2.75, 3.05) is 32.7 Å². The van der Waals surface area contributed by atoms with Gasteiger partial charge in [0.2, 0.25) is 0 Å². The Hall–Kier alpha value is -1.97. The Bertz CT molecular complexity index is 1050. The second kappa shape index (κ2) is 10.9. The highest BCUT2D eigenvalue weighted by Crippen LogP contribution is 2.69. The van der Waals surface area contributed by atoms with E-state index < -0.39 is 45.6 Å². The average molecular weight is 577 g/mol. The molecule has 9 heteroatoms. The van der Waals surface area contributed by atoms with Gasteiger partial charge in [-0.25, -0.2) is 4.79 Å². The van der Waals surface area contributed by atoms with Crippen molar-refractivity contribution in [1.29, 1.82) is 0 Å². The van der Waals surface area contributed by atoms with Gasteiger partial charge in [0.25, 0.3) is 0 Å². The van der Waals surface area contributed by atoms with Crippen molar-refractivity contribution in [3.63, 3.8) is 0 Å². The number of carbonyl (C=O) groups excluding carboxylic acids is 3. The van der Waals surface area contributed by atoms with Crippen molar-refractivity contribution < 1.29 is 34.1 Å². The molecule has 232 valence electrons. The van der Waals surface area contributed by atoms with Gasteiger partial charge in [0.05, 0.1) is 18.6 Å². The summed E-state index contributed by atoms with van der Waals surface area (Å²) in [5, 5.41) is 23.4. The molecule has 0 radical (unpaired) electrons. The van der Waals surface area contributed by atoms with Gasteiger partial charge in [0, 0.05) is 55.9 Å². The summed E-state index contributed by atoms with van der Waals surface area (Å²) >= 11 is 0. The van der Waals surface area contributed by atoms with Crippen LogP contribution in [0.5, 0.6) is 0 Å². The summed E-state index contributed by atoms with van der Waals surface area (Å²) in [6.45, 7) is 20.1. The van der Waals surface area contributed by atoms with E-state index in [1.54, 1.807) is 11.0 Å². The highest BCUT2D eigenvalue weighted by atomic mass is 16.6. The smallest absolute Gasteiger partial charge is 0.410 e. The molecule has 0 aromatic carbocycles. The Morgan fingerprint density at radius 1 is 1.07 bits per heavy atom. The quantitative estimate of drug-likeness (QED) is 0.373. The number of aliphatic hydroxyl groups is 2. The van der Waals surface area contributed by atoms with Gasteiger partial charge in [-0.2, -0.15) is 0 Å². The maximum Gasteiger partial charge on any atom is 0.410 e. The summed E-state index contributed by atoms with van der Waals surface area (Å²) in [4.78, 5) is 43.2. The Kier molecular flexibility index (Phi) is 8.53. The second-order valence-electron chi connectivity index (χ2n) is 14.8. The largest absolute Gasteiger partial charge is 0.459 e. The maximum absolute atomic E-state index is 13.6. The van der Waals surface area contributed by atoms with Crippen LogP contribution in [-0.4, -0.2) is 94.0 Å². The molecule has 2 N–H and O–H groups in total. The predicted molar refractivity (Wildman–Crippen MR) is 155 cm³/mol. The molecule has 1 aliphatic heterocycles. The fraction of sp³-hybridized carbons (Fsp3) is 0.844. The molecule has 0 spiro atoms. The number of esters is 1. The van der Waals surface area contributed by atoms with Crippen LogP contribution in [0.2, 0.25) is 0 Å². The minimum atomic E-state index is -1.04. The third-order valence-electron chi connectivity index (χ3n) is 11.4. The van der Waals surface area contributed by atoms with E-state index in [-0.39, 0.29) is 36.6 Å². The number of aliphatic hydroxyl groups excluding tert-OH is 2. The van der Waals surface area contributed by atoms with Gasteiger partial charge in [0.1, 0.15) is 17.0 Å². The van der Waals surface area contributed by atoms with E-state index in [0.29, 0.717) is 58.4 Å². The van der Waals surface area contributed by atoms with E-state index in [4.69, 9.17) is 9.47 Å². The average Bonchev–Trinajstić information content (AvgIpc) is 3.25. The van der Waals surface area contributed by atoms with Crippen LogP contribution in [0, 0.1) is 28.1 Å². The van der Waals surface area contributed by atoms with Gasteiger partial charge >= 0.3 is 12.1 Å². The van der Waals surface area contributed by atoms with Crippen molar-refractivity contribution in [1.82, 2.24) is 9.80 Å². The van der Waals surface area contributed by atoms with E-state index >= 15 is 0 Å². The summed E-state index contributed by atoms with van der Waals surface area (Å²) in [5.74, 6) is -0.933. The standard InChI is InChI=1S/C32H52N2O7/c1-9-29(6)20-23(36)31(8)25-22(35)10-12-32(25,21(2)26(29)38)14-13-30(31,7)40-24(37)11-15-33-16-18-34(19-17-33)27(39)41-28(3,4)5/h9,21,23,25-26,36,38H,1,10-20H2,2-8H3. The molecular formula is C32H52N2O7. The molecule has 1 heterocycles. The topological polar surface area (TPSA) is 117 Å². The number of hydrogen-bond donors (Lipinski definition) is 2. The van der Waals surface area contributed by atoms with E-state index in [1.807, 2.05) is 48.5 Å². The number of ether oxygens (including phenoxy) is 2. The van der Waals surface area contributed by atoms with E-state index in [2.05, 4.69) is 11.5 Å². The van der Waals surface area contributed by atoms with E-state index in [9.17, 15) is 24.6 Å². The van der Waals surface area contributed by atoms with Crippen LogP contribution in [0.3, 0.4) is 0 Å². The number of piperazine rings is 1. The zero-order valence-corrected chi connectivity index (χ0v) is 26.2. The minimum Gasteiger partial charge on any atom is -0.459 e. The van der Waals surface area contributed by atoms with Crippen LogP contribution < -0.4 is 0 Å². The molecule has 8 unspecified atom stereocenters. The monoisotopic (exact) mass is 576 g/mol. The van der Waals surface area contributed by atoms with Gasteiger partial charge in [0.15, 0.2) is 0 Å². The molecule has 0 aromatic heterocycles. The Balaban J connectivity index is 1.47. The molecule has 3 saturated carbocycles. The number of hydrogen-bond acceptors (Lipinski definition) is 8. The predicted octanol–water partition coefficient (Wildman–Crippen LogP) is 3.95. The first kappa shape index (κ1) is 32.0. The highest BCUT2D eigenvalue weighted by Gasteiger charge is 2.72. The molecule has 2 bridgehead atoms. The Labute approximate surface area is 245 Å². The molecule has 4 rings (SSSR count). The van der Waals surface area contributed by atoms with Crippen molar-refractivity contribution in [2.45, 2.75) is 110 Å². The summed E-state index contributed by atoms with van der Waals surface area (Å²) in [6.07, 6.45) is 2.35. The van der Waals surface area contributed by atoms with Crippen LogP contribution in [0.25, 0.3) is 0 Å². The molecule has 0 aromatic rings. The highest BCUT2D eigenvalue weighted by molar-refractivity contribution is 5.86. The molecule has 4 aliphatic rings. The fourth-order valence-electron chi connectivity index (χ4n) is 8.51. The van der Waals surface area contributed by atoms with Crippen LogP contribution in [0.4, 0.5) is 4.79 Å². The molecule has 8 atom stereocenters. The Morgan fingerprint density at radius 2 is 1.71 bits per heavy atom. The molecule has 1 saturated heterocycles. The SMILES string of the molecule is C=CC1(C)CC(O)C2(C)C3C(=O)CCC3(CCC2(C)OC(=O)CCN2CCN(C(=O)OC(C)(C)C)CC2)C(C)C1O. The first-order chi connectivity index (χ1) is 18.9. The zero-order valence-electron chi connectivity index (χ0n) is 26.2. The van der Waals surface area contributed by atoms with Gasteiger partial charge < -0.3 is 24.6 Å². The van der Waals surface area contributed by atoms with Crippen molar-refractivity contribution in [3.8, 4) is 0 Å². The Morgan fingerprint density at radius 3 is 2.29 bits per heavy atom. The first-order valence-electron chi connectivity index (χ1n) is 15.4. The molecule has 41 heavy (non-hydrogen) atoms. The summed E-state index contributed by atoms with van der Waals surface area (Å²) in [5.41, 5.74) is -3.80.